The van der Waals surface area contributed by atoms with Crippen LogP contribution < -0.4 is 10.5 Å². The first-order valence-electron chi connectivity index (χ1n) is 11.1. The van der Waals surface area contributed by atoms with E-state index in [1.807, 2.05) is 18.2 Å². The lowest BCUT2D eigenvalue weighted by Gasteiger charge is -2.47. The molecule has 3 unspecified atom stereocenters. The van der Waals surface area contributed by atoms with E-state index < -0.39 is 38.2 Å². The van der Waals surface area contributed by atoms with Crippen LogP contribution in [0.5, 0.6) is 5.75 Å². The second kappa shape index (κ2) is 10.3. The highest BCUT2D eigenvalue weighted by molar-refractivity contribution is 8.72. The molecule has 3 aromatic rings. The predicted molar refractivity (Wildman–Crippen MR) is 139 cm³/mol. The van der Waals surface area contributed by atoms with Gasteiger partial charge in [0.05, 0.1) is 12.0 Å². The quantitative estimate of drug-likeness (QED) is 0.195. The van der Waals surface area contributed by atoms with Crippen molar-refractivity contribution >= 4 is 42.3 Å². The summed E-state index contributed by atoms with van der Waals surface area (Å²) < 4.78 is 37.4. The van der Waals surface area contributed by atoms with Crippen molar-refractivity contribution in [1.82, 2.24) is 4.90 Å². The molecule has 0 radical (unpaired) electrons. The Morgan fingerprint density at radius 2 is 1.78 bits per heavy atom. The third-order valence-corrected chi connectivity index (χ3v) is 9.63. The average molecular weight is 527 g/mol. The molecule has 0 bridgehead atoms. The molecule has 1 amide bonds. The summed E-state index contributed by atoms with van der Waals surface area (Å²) in [5.74, 6) is -0.598. The molecule has 1 fully saturated rings. The van der Waals surface area contributed by atoms with E-state index >= 15 is 0 Å². The topological polar surface area (TPSA) is 116 Å². The Morgan fingerprint density at radius 3 is 2.44 bits per heavy atom. The number of hydrogen-bond donors (Lipinski definition) is 1. The van der Waals surface area contributed by atoms with Crippen molar-refractivity contribution in [3.05, 3.63) is 84.4 Å². The molecule has 1 aliphatic heterocycles. The summed E-state index contributed by atoms with van der Waals surface area (Å²) in [7, 11) is -1.83. The highest BCUT2D eigenvalue weighted by Gasteiger charge is 2.53. The van der Waals surface area contributed by atoms with Gasteiger partial charge in [0.25, 0.3) is 0 Å². The molecule has 1 saturated heterocycles. The van der Waals surface area contributed by atoms with Crippen molar-refractivity contribution in [1.29, 1.82) is 0 Å². The van der Waals surface area contributed by atoms with Gasteiger partial charge in [-0.25, -0.2) is 13.2 Å². The average Bonchev–Trinajstić information content (AvgIpc) is 2.88. The van der Waals surface area contributed by atoms with Crippen molar-refractivity contribution in [2.24, 2.45) is 5.73 Å². The van der Waals surface area contributed by atoms with Crippen LogP contribution in [0.25, 0.3) is 10.8 Å². The molecule has 3 atom stereocenters. The van der Waals surface area contributed by atoms with E-state index in [0.29, 0.717) is 27.5 Å². The fourth-order valence-corrected chi connectivity index (χ4v) is 7.77. The first-order chi connectivity index (χ1) is 17.1. The Kier molecular flexibility index (Phi) is 7.39. The fourth-order valence-electron chi connectivity index (χ4n) is 3.99. The summed E-state index contributed by atoms with van der Waals surface area (Å²) in [5.41, 5.74) is 7.07. The summed E-state index contributed by atoms with van der Waals surface area (Å²) in [6.45, 7) is 5.38. The van der Waals surface area contributed by atoms with Gasteiger partial charge in [0.15, 0.2) is 6.04 Å². The first kappa shape index (κ1) is 25.7. The number of β-lactam (4-membered cyclic amide) rings is 1. The fraction of sp³-hybridized carbons (Fsp3) is 0.231. The number of benzene rings is 3. The van der Waals surface area contributed by atoms with Gasteiger partial charge in [-0.2, -0.15) is 0 Å². The number of rotatable bonds is 9. The molecule has 4 rings (SSSR count). The van der Waals surface area contributed by atoms with Gasteiger partial charge in [0, 0.05) is 16.2 Å². The van der Waals surface area contributed by atoms with Crippen LogP contribution in [0, 0.1) is 0 Å². The maximum atomic E-state index is 13.4. The van der Waals surface area contributed by atoms with Gasteiger partial charge in [0.2, 0.25) is 14.8 Å². The molecule has 2 N–H and O–H groups in total. The van der Waals surface area contributed by atoms with E-state index in [1.54, 1.807) is 56.5 Å². The zero-order valence-corrected chi connectivity index (χ0v) is 21.4. The Hall–Kier alpha value is -3.34. The van der Waals surface area contributed by atoms with Crippen LogP contribution in [0.3, 0.4) is 0 Å². The van der Waals surface area contributed by atoms with E-state index in [4.69, 9.17) is 15.2 Å². The molecule has 0 aromatic heterocycles. The van der Waals surface area contributed by atoms with Gasteiger partial charge in [-0.05, 0) is 41.6 Å². The Morgan fingerprint density at radius 1 is 1.11 bits per heavy atom. The van der Waals surface area contributed by atoms with Gasteiger partial charge >= 0.3 is 5.97 Å². The third kappa shape index (κ3) is 4.97. The molecule has 0 saturated carbocycles. The largest absolute Gasteiger partial charge is 0.497 e. The van der Waals surface area contributed by atoms with Crippen LogP contribution in [-0.2, 0) is 29.8 Å². The number of hydrogen-bond acceptors (Lipinski definition) is 8. The van der Waals surface area contributed by atoms with Crippen molar-refractivity contribution in [2.45, 2.75) is 35.9 Å². The van der Waals surface area contributed by atoms with Gasteiger partial charge in [-0.3, -0.25) is 4.79 Å². The molecule has 36 heavy (non-hydrogen) atoms. The van der Waals surface area contributed by atoms with E-state index in [0.717, 1.165) is 15.8 Å². The molecule has 1 aliphatic rings. The summed E-state index contributed by atoms with van der Waals surface area (Å²) >= 11 is 0. The van der Waals surface area contributed by atoms with Gasteiger partial charge in [-0.1, -0.05) is 55.1 Å². The van der Waals surface area contributed by atoms with Crippen molar-refractivity contribution in [3.63, 3.8) is 0 Å². The minimum absolute atomic E-state index is 0.0349. The van der Waals surface area contributed by atoms with Crippen LogP contribution in [0.2, 0.25) is 0 Å². The number of likely N-dealkylation sites (tertiary alicyclic amines) is 1. The second-order valence-electron chi connectivity index (χ2n) is 8.39. The summed E-state index contributed by atoms with van der Waals surface area (Å²) in [5, 5.41) is 0.345. The van der Waals surface area contributed by atoms with Crippen molar-refractivity contribution in [2.75, 3.05) is 7.11 Å². The summed E-state index contributed by atoms with van der Waals surface area (Å²) in [4.78, 5) is 27.0. The van der Waals surface area contributed by atoms with Crippen molar-refractivity contribution < 1.29 is 27.5 Å². The minimum atomic E-state index is -3.93. The van der Waals surface area contributed by atoms with Crippen molar-refractivity contribution in [3.8, 4) is 5.75 Å². The van der Waals surface area contributed by atoms with Crippen LogP contribution >= 0.6 is 10.8 Å². The van der Waals surface area contributed by atoms with Gasteiger partial charge in [-0.15, -0.1) is 0 Å². The number of carbonyl (C=O) groups is 2. The van der Waals surface area contributed by atoms with Gasteiger partial charge < -0.3 is 20.1 Å². The molecule has 0 spiro atoms. The van der Waals surface area contributed by atoms with E-state index in [-0.39, 0.29) is 11.5 Å². The zero-order chi connectivity index (χ0) is 26.0. The van der Waals surface area contributed by atoms with E-state index in [1.165, 1.54) is 6.07 Å². The number of fused-ring (bicyclic) bond motifs is 1. The number of ether oxygens (including phenoxy) is 2. The third-order valence-electron chi connectivity index (χ3n) is 5.87. The summed E-state index contributed by atoms with van der Waals surface area (Å²) in [6, 6.07) is 16.8. The van der Waals surface area contributed by atoms with E-state index in [2.05, 4.69) is 6.58 Å². The lowest BCUT2D eigenvalue weighted by molar-refractivity contribution is -0.162. The van der Waals surface area contributed by atoms with Crippen LogP contribution in [0.1, 0.15) is 12.5 Å². The van der Waals surface area contributed by atoms with Gasteiger partial charge in [0.1, 0.15) is 23.8 Å². The molecule has 188 valence electrons. The molecule has 0 aliphatic carbocycles. The van der Waals surface area contributed by atoms with Crippen LogP contribution in [-0.4, -0.2) is 49.8 Å². The first-order valence-corrected chi connectivity index (χ1v) is 14.0. The summed E-state index contributed by atoms with van der Waals surface area (Å²) in [6.07, 6.45) is 0. The number of amides is 1. The Bertz CT molecular complexity index is 1420. The highest BCUT2D eigenvalue weighted by atomic mass is 33.1. The maximum absolute atomic E-state index is 13.4. The second-order valence-corrected chi connectivity index (χ2v) is 12.3. The Labute approximate surface area is 213 Å². The molecular weight excluding hydrogens is 500 g/mol. The zero-order valence-electron chi connectivity index (χ0n) is 19.8. The smallest absolute Gasteiger partial charge is 0.333 e. The standard InChI is InChI=1S/C26H26N2O6S2/c1-16(2)23(26(30)34-15-17-11-13-19(33-3)14-12-17)28-24(29)22(27)25(28)35-36(31,32)21-10-6-8-18-7-4-5-9-20(18)21/h4-14,22-23,25H,1,15,27H2,2-3H3. The monoisotopic (exact) mass is 526 g/mol. The number of methoxy groups -OCH3 is 1. The van der Waals surface area contributed by atoms with Crippen LogP contribution in [0.4, 0.5) is 0 Å². The number of esters is 1. The molecule has 1 heterocycles. The Balaban J connectivity index is 1.55. The van der Waals surface area contributed by atoms with E-state index in [9.17, 15) is 18.0 Å². The predicted octanol–water partition coefficient (Wildman–Crippen LogP) is 3.45. The molecule has 8 nitrogen and oxygen atoms in total. The minimum Gasteiger partial charge on any atom is -0.497 e. The normalized spacial score (nSPS) is 18.4. The number of nitrogens with zero attached hydrogens (tertiary/aromatic N) is 1. The molecule has 10 heteroatoms. The lowest BCUT2D eigenvalue weighted by atomic mass is 10.0. The maximum Gasteiger partial charge on any atom is 0.333 e. The SMILES string of the molecule is C=C(C)C(C(=O)OCc1ccc(OC)cc1)N1C(=O)C(N)C1SS(=O)(=O)c1cccc2ccccc12. The highest BCUT2D eigenvalue weighted by Crippen LogP contribution is 2.40. The molecular formula is C26H26N2O6S2. The number of nitrogens with two attached hydrogens (primary N) is 1. The molecule has 3 aromatic carbocycles. The van der Waals surface area contributed by atoms with Crippen LogP contribution in [0.15, 0.2) is 83.8 Å². The number of carbonyl (C=O) groups excluding carboxylic acids is 2. The lowest BCUT2D eigenvalue weighted by Crippen LogP contribution is -2.71.